The third-order valence-electron chi connectivity index (χ3n) is 3.51. The second-order valence-corrected chi connectivity index (χ2v) is 8.14. The molecule has 0 atom stereocenters. The summed E-state index contributed by atoms with van der Waals surface area (Å²) in [5.41, 5.74) is -0.0283. The van der Waals surface area contributed by atoms with Gasteiger partial charge in [-0.15, -0.1) is 11.8 Å². The number of benzene rings is 2. The normalized spacial score (nSPS) is 12.7. The Bertz CT molecular complexity index is 949. The summed E-state index contributed by atoms with van der Waals surface area (Å²) in [6.45, 7) is 1.75. The van der Waals surface area contributed by atoms with Crippen LogP contribution < -0.4 is 4.72 Å². The average molecular weight is 415 g/mol. The van der Waals surface area contributed by atoms with Crippen LogP contribution in [0.5, 0.6) is 0 Å². The number of nitrogens with one attached hydrogen (secondary N) is 1. The van der Waals surface area contributed by atoms with E-state index in [9.17, 15) is 26.4 Å². The molecule has 2 aromatic rings. The molecule has 2 aromatic carbocycles. The molecule has 0 radical (unpaired) electrons. The van der Waals surface area contributed by atoms with Gasteiger partial charge in [-0.25, -0.2) is 13.1 Å². The van der Waals surface area contributed by atoms with Gasteiger partial charge in [0, 0.05) is 11.0 Å². The molecular formula is C18H16F3NO3S2. The third-order valence-corrected chi connectivity index (χ3v) is 5.60. The molecule has 0 saturated heterocycles. The summed E-state index contributed by atoms with van der Waals surface area (Å²) in [5, 5.41) is 0. The standard InChI is InChI=1S/C18H16F3NO3S2/c1-12-3-9-15(10-4-12)27(24,25)22-17(23)16(11-18(19,20)21)13-5-7-14(26-2)8-6-13/h3-11H,1-2H3,(H,22,23)/b16-11-. The zero-order valence-electron chi connectivity index (χ0n) is 14.4. The Morgan fingerprint density at radius 3 is 2.07 bits per heavy atom. The van der Waals surface area contributed by atoms with Gasteiger partial charge in [-0.05, 0) is 43.0 Å². The van der Waals surface area contributed by atoms with E-state index in [4.69, 9.17) is 0 Å². The minimum atomic E-state index is -4.79. The van der Waals surface area contributed by atoms with Crippen molar-refractivity contribution in [2.75, 3.05) is 6.26 Å². The lowest BCUT2D eigenvalue weighted by Crippen LogP contribution is -2.31. The molecule has 0 fully saturated rings. The number of hydrogen-bond acceptors (Lipinski definition) is 4. The first-order valence-electron chi connectivity index (χ1n) is 7.60. The summed E-state index contributed by atoms with van der Waals surface area (Å²) in [6, 6.07) is 11.3. The number of thioether (sulfide) groups is 1. The van der Waals surface area contributed by atoms with E-state index in [1.807, 2.05) is 0 Å². The van der Waals surface area contributed by atoms with Crippen LogP contribution >= 0.6 is 11.8 Å². The van der Waals surface area contributed by atoms with Crippen LogP contribution in [0.3, 0.4) is 0 Å². The molecular weight excluding hydrogens is 399 g/mol. The fourth-order valence-electron chi connectivity index (χ4n) is 2.17. The molecule has 0 heterocycles. The van der Waals surface area contributed by atoms with Gasteiger partial charge in [-0.2, -0.15) is 13.2 Å². The zero-order valence-corrected chi connectivity index (χ0v) is 16.0. The van der Waals surface area contributed by atoms with Gasteiger partial charge in [0.25, 0.3) is 15.9 Å². The summed E-state index contributed by atoms with van der Waals surface area (Å²) in [7, 11) is -4.31. The van der Waals surface area contributed by atoms with E-state index in [0.29, 0.717) is 0 Å². The Morgan fingerprint density at radius 1 is 1.04 bits per heavy atom. The quantitative estimate of drug-likeness (QED) is 0.588. The summed E-state index contributed by atoms with van der Waals surface area (Å²) in [5.74, 6) is -1.36. The Labute approximate surface area is 159 Å². The van der Waals surface area contributed by atoms with Crippen molar-refractivity contribution in [3.8, 4) is 0 Å². The Morgan fingerprint density at radius 2 is 1.59 bits per heavy atom. The third kappa shape index (κ3) is 5.86. The Kier molecular flexibility index (Phi) is 6.38. The second-order valence-electron chi connectivity index (χ2n) is 5.58. The molecule has 0 aromatic heterocycles. The monoisotopic (exact) mass is 415 g/mol. The molecule has 27 heavy (non-hydrogen) atoms. The molecule has 1 amide bonds. The van der Waals surface area contributed by atoms with E-state index >= 15 is 0 Å². The molecule has 0 aliphatic heterocycles. The first-order valence-corrected chi connectivity index (χ1v) is 10.3. The summed E-state index contributed by atoms with van der Waals surface area (Å²) in [6.07, 6.45) is -3.21. The molecule has 0 saturated carbocycles. The van der Waals surface area contributed by atoms with Crippen LogP contribution in [0.4, 0.5) is 13.2 Å². The first kappa shape index (κ1) is 21.0. The summed E-state index contributed by atoms with van der Waals surface area (Å²) >= 11 is 1.38. The fourth-order valence-corrected chi connectivity index (χ4v) is 3.54. The highest BCUT2D eigenvalue weighted by molar-refractivity contribution is 7.98. The predicted molar refractivity (Wildman–Crippen MR) is 98.8 cm³/mol. The molecule has 0 unspecified atom stereocenters. The van der Waals surface area contributed by atoms with Crippen molar-refractivity contribution >= 4 is 33.3 Å². The average Bonchev–Trinajstić information content (AvgIpc) is 2.59. The Hall–Kier alpha value is -2.26. The maximum atomic E-state index is 12.9. The molecule has 0 aliphatic carbocycles. The highest BCUT2D eigenvalue weighted by atomic mass is 32.2. The Balaban J connectivity index is 2.39. The van der Waals surface area contributed by atoms with Crippen molar-refractivity contribution in [1.82, 2.24) is 4.72 Å². The first-order chi connectivity index (χ1) is 12.5. The highest BCUT2D eigenvalue weighted by Gasteiger charge is 2.29. The molecule has 9 heteroatoms. The minimum Gasteiger partial charge on any atom is -0.268 e. The van der Waals surface area contributed by atoms with Gasteiger partial charge in [0.15, 0.2) is 0 Å². The number of sulfonamides is 1. The summed E-state index contributed by atoms with van der Waals surface area (Å²) in [4.78, 5) is 12.9. The van der Waals surface area contributed by atoms with Crippen molar-refractivity contribution in [2.45, 2.75) is 22.9 Å². The molecule has 4 nitrogen and oxygen atoms in total. The highest BCUT2D eigenvalue weighted by Crippen LogP contribution is 2.26. The van der Waals surface area contributed by atoms with Gasteiger partial charge in [0.2, 0.25) is 0 Å². The molecule has 144 valence electrons. The number of rotatable bonds is 5. The fraction of sp³-hybridized carbons (Fsp3) is 0.167. The molecule has 0 aliphatic rings. The number of alkyl halides is 3. The number of hydrogen-bond donors (Lipinski definition) is 1. The van der Waals surface area contributed by atoms with Crippen LogP contribution in [0.15, 0.2) is 64.4 Å². The lowest BCUT2D eigenvalue weighted by Gasteiger charge is -2.12. The van der Waals surface area contributed by atoms with Crippen molar-refractivity contribution < 1.29 is 26.4 Å². The van der Waals surface area contributed by atoms with Crippen molar-refractivity contribution in [3.05, 3.63) is 65.7 Å². The maximum absolute atomic E-state index is 12.9. The van der Waals surface area contributed by atoms with Crippen LogP contribution in [0.1, 0.15) is 11.1 Å². The summed E-state index contributed by atoms with van der Waals surface area (Å²) < 4.78 is 65.0. The second kappa shape index (κ2) is 8.18. The molecule has 0 bridgehead atoms. The molecule has 1 N–H and O–H groups in total. The number of aryl methyl sites for hydroxylation is 1. The van der Waals surface area contributed by atoms with Crippen molar-refractivity contribution in [3.63, 3.8) is 0 Å². The number of carbonyl (C=O) groups is 1. The molecule has 2 rings (SSSR count). The van der Waals surface area contributed by atoms with Crippen LogP contribution in [0.2, 0.25) is 0 Å². The minimum absolute atomic E-state index is 0.0401. The number of halogens is 3. The SMILES string of the molecule is CSc1ccc(/C(=C/C(F)(F)F)C(=O)NS(=O)(=O)c2ccc(C)cc2)cc1. The van der Waals surface area contributed by atoms with Gasteiger partial charge in [0.1, 0.15) is 0 Å². The number of carbonyl (C=O) groups excluding carboxylic acids is 1. The van der Waals surface area contributed by atoms with Gasteiger partial charge in [-0.3, -0.25) is 4.79 Å². The predicted octanol–water partition coefficient (Wildman–Crippen LogP) is 4.17. The van der Waals surface area contributed by atoms with Crippen LogP contribution in [-0.4, -0.2) is 26.8 Å². The van der Waals surface area contributed by atoms with E-state index in [0.717, 1.165) is 10.5 Å². The smallest absolute Gasteiger partial charge is 0.268 e. The topological polar surface area (TPSA) is 63.2 Å². The van der Waals surface area contributed by atoms with Gasteiger partial charge in [0.05, 0.1) is 10.5 Å². The molecule has 0 spiro atoms. The van der Waals surface area contributed by atoms with Gasteiger partial charge >= 0.3 is 6.18 Å². The zero-order chi connectivity index (χ0) is 20.2. The van der Waals surface area contributed by atoms with Crippen molar-refractivity contribution in [2.24, 2.45) is 0 Å². The van der Waals surface area contributed by atoms with E-state index in [1.54, 1.807) is 30.0 Å². The van der Waals surface area contributed by atoms with E-state index in [2.05, 4.69) is 0 Å². The number of allylic oxidation sites excluding steroid dienone is 1. The number of amides is 1. The van der Waals surface area contributed by atoms with Gasteiger partial charge in [-0.1, -0.05) is 29.8 Å². The van der Waals surface area contributed by atoms with Crippen molar-refractivity contribution in [1.29, 1.82) is 0 Å². The lowest BCUT2D eigenvalue weighted by molar-refractivity contribution is -0.114. The van der Waals surface area contributed by atoms with Crippen LogP contribution in [0.25, 0.3) is 5.57 Å². The largest absolute Gasteiger partial charge is 0.410 e. The maximum Gasteiger partial charge on any atom is 0.410 e. The van der Waals surface area contributed by atoms with E-state index < -0.39 is 27.7 Å². The van der Waals surface area contributed by atoms with E-state index in [-0.39, 0.29) is 16.5 Å². The van der Waals surface area contributed by atoms with Gasteiger partial charge < -0.3 is 0 Å². The lowest BCUT2D eigenvalue weighted by atomic mass is 10.1. The van der Waals surface area contributed by atoms with Crippen LogP contribution in [0, 0.1) is 6.92 Å². The van der Waals surface area contributed by atoms with Crippen LogP contribution in [-0.2, 0) is 14.8 Å². The van der Waals surface area contributed by atoms with E-state index in [1.165, 1.54) is 48.2 Å².